The third-order valence-corrected chi connectivity index (χ3v) is 7.11. The van der Waals surface area contributed by atoms with E-state index in [2.05, 4.69) is 27.1 Å². The Morgan fingerprint density at radius 3 is 2.79 bits per heavy atom. The second kappa shape index (κ2) is 10.3. The number of allylic oxidation sites excluding steroid dienone is 1. The van der Waals surface area contributed by atoms with Crippen LogP contribution in [0.4, 0.5) is 4.39 Å². The van der Waals surface area contributed by atoms with Gasteiger partial charge in [0.1, 0.15) is 12.1 Å². The number of hydrogen-bond donors (Lipinski definition) is 0. The fourth-order valence-electron chi connectivity index (χ4n) is 4.65. The molecule has 1 aliphatic rings. The first-order valence-corrected chi connectivity index (χ1v) is 12.6. The molecule has 0 amide bonds. The standard InChI is InChI=1S/C31H24ClFN4O/c1-31(2,17-34)24-15-20(9-10-25(24)32)29(38)16-21-13-19(8-11-26(21)33)14-28-23(6-4-12-35-28)30-22-5-3-7-27(22)36-18-37-30/h3-6,8-13,15,18H,7,14,16H2,1-2H3. The lowest BCUT2D eigenvalue weighted by Crippen LogP contribution is -2.16. The van der Waals surface area contributed by atoms with Crippen LogP contribution in [0.25, 0.3) is 17.3 Å². The average molecular weight is 523 g/mol. The van der Waals surface area contributed by atoms with Crippen molar-refractivity contribution >= 4 is 23.5 Å². The van der Waals surface area contributed by atoms with E-state index in [9.17, 15) is 14.4 Å². The van der Waals surface area contributed by atoms with Crippen LogP contribution in [0.1, 0.15) is 57.8 Å². The van der Waals surface area contributed by atoms with E-state index in [0.717, 1.165) is 40.2 Å². The van der Waals surface area contributed by atoms with Gasteiger partial charge in [-0.05, 0) is 66.9 Å². The molecule has 2 heterocycles. The maximum absolute atomic E-state index is 14.8. The Morgan fingerprint density at radius 1 is 1.13 bits per heavy atom. The van der Waals surface area contributed by atoms with Crippen LogP contribution in [-0.2, 0) is 24.7 Å². The number of halogens is 2. The summed E-state index contributed by atoms with van der Waals surface area (Å²) in [6, 6.07) is 15.7. The van der Waals surface area contributed by atoms with E-state index in [1.807, 2.05) is 18.2 Å². The summed E-state index contributed by atoms with van der Waals surface area (Å²) < 4.78 is 14.8. The van der Waals surface area contributed by atoms with Gasteiger partial charge in [0.05, 0.1) is 28.6 Å². The van der Waals surface area contributed by atoms with Crippen LogP contribution in [0.2, 0.25) is 5.02 Å². The van der Waals surface area contributed by atoms with Gasteiger partial charge in [-0.3, -0.25) is 9.78 Å². The van der Waals surface area contributed by atoms with E-state index in [-0.39, 0.29) is 12.2 Å². The van der Waals surface area contributed by atoms with Gasteiger partial charge >= 0.3 is 0 Å². The van der Waals surface area contributed by atoms with Crippen LogP contribution in [-0.4, -0.2) is 20.7 Å². The number of rotatable bonds is 7. The lowest BCUT2D eigenvalue weighted by molar-refractivity contribution is 0.0991. The highest BCUT2D eigenvalue weighted by Crippen LogP contribution is 2.32. The van der Waals surface area contributed by atoms with Crippen LogP contribution in [0.5, 0.6) is 0 Å². The van der Waals surface area contributed by atoms with Crippen molar-refractivity contribution in [3.8, 4) is 17.3 Å². The van der Waals surface area contributed by atoms with Crippen molar-refractivity contribution in [2.75, 3.05) is 0 Å². The number of hydrogen-bond acceptors (Lipinski definition) is 5. The lowest BCUT2D eigenvalue weighted by Gasteiger charge is -2.18. The molecule has 188 valence electrons. The number of carbonyl (C=O) groups is 1. The molecular weight excluding hydrogens is 499 g/mol. The quantitative estimate of drug-likeness (QED) is 0.252. The van der Waals surface area contributed by atoms with Crippen LogP contribution >= 0.6 is 11.6 Å². The molecule has 0 unspecified atom stereocenters. The molecule has 0 saturated carbocycles. The molecule has 1 aliphatic carbocycles. The lowest BCUT2D eigenvalue weighted by atomic mass is 9.84. The predicted octanol–water partition coefficient (Wildman–Crippen LogP) is 6.72. The minimum atomic E-state index is -0.863. The number of ketones is 1. The van der Waals surface area contributed by atoms with Gasteiger partial charge in [0.25, 0.3) is 0 Å². The molecule has 2 aromatic heterocycles. The van der Waals surface area contributed by atoms with Crippen molar-refractivity contribution in [1.29, 1.82) is 5.26 Å². The molecule has 0 aliphatic heterocycles. The molecule has 2 aromatic carbocycles. The van der Waals surface area contributed by atoms with E-state index >= 15 is 0 Å². The van der Waals surface area contributed by atoms with Crippen LogP contribution in [0.15, 0.2) is 67.1 Å². The second-order valence-corrected chi connectivity index (χ2v) is 10.2. The highest BCUT2D eigenvalue weighted by molar-refractivity contribution is 6.31. The Kier molecular flexibility index (Phi) is 6.88. The van der Waals surface area contributed by atoms with Crippen molar-refractivity contribution in [2.24, 2.45) is 0 Å². The summed E-state index contributed by atoms with van der Waals surface area (Å²) in [5.41, 5.74) is 5.72. The van der Waals surface area contributed by atoms with Gasteiger partial charge in [0.15, 0.2) is 5.78 Å². The summed E-state index contributed by atoms with van der Waals surface area (Å²) in [6.45, 7) is 3.48. The zero-order valence-electron chi connectivity index (χ0n) is 21.0. The smallest absolute Gasteiger partial charge is 0.167 e. The summed E-state index contributed by atoms with van der Waals surface area (Å²) in [4.78, 5) is 26.6. The summed E-state index contributed by atoms with van der Waals surface area (Å²) in [5, 5.41) is 9.92. The number of pyridine rings is 1. The summed E-state index contributed by atoms with van der Waals surface area (Å²) >= 11 is 6.30. The molecule has 38 heavy (non-hydrogen) atoms. The number of aromatic nitrogens is 3. The normalized spacial score (nSPS) is 12.3. The first-order chi connectivity index (χ1) is 18.3. The largest absolute Gasteiger partial charge is 0.294 e. The fraction of sp³-hybridized carbons (Fsp3) is 0.194. The van der Waals surface area contributed by atoms with Crippen LogP contribution in [0.3, 0.4) is 0 Å². The Bertz CT molecular complexity index is 1640. The highest BCUT2D eigenvalue weighted by atomic mass is 35.5. The number of benzene rings is 2. The average Bonchev–Trinajstić information content (AvgIpc) is 3.40. The molecule has 5 rings (SSSR count). The molecule has 7 heteroatoms. The summed E-state index contributed by atoms with van der Waals surface area (Å²) in [5.74, 6) is -0.705. The van der Waals surface area contributed by atoms with E-state index in [0.29, 0.717) is 28.1 Å². The first-order valence-electron chi connectivity index (χ1n) is 12.2. The number of carbonyl (C=O) groups excluding carboxylic acids is 1. The maximum atomic E-state index is 14.8. The van der Waals surface area contributed by atoms with E-state index in [1.165, 1.54) is 6.07 Å². The molecular formula is C31H24ClFN4O. The molecule has 0 radical (unpaired) electrons. The van der Waals surface area contributed by atoms with Crippen molar-refractivity contribution in [2.45, 2.75) is 38.5 Å². The van der Waals surface area contributed by atoms with Crippen LogP contribution in [0, 0.1) is 17.1 Å². The molecule has 0 bridgehead atoms. The Hall–Kier alpha value is -4.21. The number of fused-ring (bicyclic) bond motifs is 1. The van der Waals surface area contributed by atoms with Crippen molar-refractivity contribution in [3.63, 3.8) is 0 Å². The van der Waals surface area contributed by atoms with Gasteiger partial charge in [-0.1, -0.05) is 35.9 Å². The van der Waals surface area contributed by atoms with Crippen molar-refractivity contribution in [1.82, 2.24) is 15.0 Å². The summed E-state index contributed by atoms with van der Waals surface area (Å²) in [7, 11) is 0. The molecule has 0 spiro atoms. The van der Waals surface area contributed by atoms with Gasteiger partial charge in [-0.2, -0.15) is 5.26 Å². The molecule has 0 saturated heterocycles. The minimum absolute atomic E-state index is 0.118. The highest BCUT2D eigenvalue weighted by Gasteiger charge is 2.24. The van der Waals surface area contributed by atoms with Gasteiger partial charge in [0, 0.05) is 47.2 Å². The fourth-order valence-corrected chi connectivity index (χ4v) is 5.00. The molecule has 4 aromatic rings. The van der Waals surface area contributed by atoms with Gasteiger partial charge < -0.3 is 0 Å². The second-order valence-electron chi connectivity index (χ2n) is 9.82. The number of nitriles is 1. The van der Waals surface area contributed by atoms with Crippen molar-refractivity contribution in [3.05, 3.63) is 117 Å². The first kappa shape index (κ1) is 25.4. The van der Waals surface area contributed by atoms with E-state index in [1.54, 1.807) is 56.7 Å². The van der Waals surface area contributed by atoms with Crippen LogP contribution < -0.4 is 0 Å². The molecule has 5 nitrogen and oxygen atoms in total. The van der Waals surface area contributed by atoms with Gasteiger partial charge in [-0.15, -0.1) is 0 Å². The number of nitrogens with zero attached hydrogens (tertiary/aromatic N) is 4. The SMILES string of the molecule is CC(C)(C#N)c1cc(C(=O)Cc2cc(Cc3ncccc3-c3ncnc4c3C=CC4)ccc2F)ccc1Cl. The monoisotopic (exact) mass is 522 g/mol. The number of Topliss-reactive ketones (excluding diaryl/α,β-unsaturated/α-hetero) is 1. The third kappa shape index (κ3) is 4.98. The Morgan fingerprint density at radius 2 is 1.97 bits per heavy atom. The third-order valence-electron chi connectivity index (χ3n) is 6.78. The predicted molar refractivity (Wildman–Crippen MR) is 145 cm³/mol. The van der Waals surface area contributed by atoms with Crippen molar-refractivity contribution < 1.29 is 9.18 Å². The summed E-state index contributed by atoms with van der Waals surface area (Å²) in [6.07, 6.45) is 8.49. The Balaban J connectivity index is 1.42. The molecule has 0 fully saturated rings. The van der Waals surface area contributed by atoms with Gasteiger partial charge in [0.2, 0.25) is 0 Å². The topological polar surface area (TPSA) is 79.5 Å². The minimum Gasteiger partial charge on any atom is -0.294 e. The zero-order chi connectivity index (χ0) is 26.9. The zero-order valence-corrected chi connectivity index (χ0v) is 21.8. The molecule has 0 atom stereocenters. The molecule has 0 N–H and O–H groups in total. The maximum Gasteiger partial charge on any atom is 0.167 e. The van der Waals surface area contributed by atoms with Gasteiger partial charge in [-0.25, -0.2) is 14.4 Å². The van der Waals surface area contributed by atoms with E-state index in [4.69, 9.17) is 11.6 Å². The van der Waals surface area contributed by atoms with E-state index < -0.39 is 11.2 Å². The Labute approximate surface area is 225 Å².